The zero-order valence-electron chi connectivity index (χ0n) is 17.9. The molecule has 2 aliphatic heterocycles. The Balaban J connectivity index is 1.51. The fourth-order valence-corrected chi connectivity index (χ4v) is 4.52. The minimum absolute atomic E-state index is 0.156. The molecular weight excluding hydrogens is 410 g/mol. The highest BCUT2D eigenvalue weighted by Crippen LogP contribution is 2.33. The van der Waals surface area contributed by atoms with E-state index in [9.17, 15) is 4.79 Å². The molecule has 2 saturated heterocycles. The Kier molecular flexibility index (Phi) is 6.82. The molecule has 162 valence electrons. The van der Waals surface area contributed by atoms with Gasteiger partial charge in [0.05, 0.1) is 24.3 Å². The maximum atomic E-state index is 12.5. The van der Waals surface area contributed by atoms with Crippen LogP contribution >= 0.6 is 11.8 Å². The molecule has 2 fully saturated rings. The monoisotopic (exact) mass is 437 g/mol. The molecule has 1 N–H and O–H groups in total. The third-order valence-corrected chi connectivity index (χ3v) is 6.16. The van der Waals surface area contributed by atoms with Crippen LogP contribution in [0.15, 0.2) is 52.4 Å². The van der Waals surface area contributed by atoms with Crippen LogP contribution in [0.2, 0.25) is 0 Å². The van der Waals surface area contributed by atoms with Crippen molar-refractivity contribution in [2.24, 2.45) is 4.99 Å². The molecule has 0 aromatic heterocycles. The summed E-state index contributed by atoms with van der Waals surface area (Å²) in [6.07, 6.45) is 5.60. The predicted octanol–water partition coefficient (Wildman–Crippen LogP) is 4.98. The molecule has 0 bridgehead atoms. The summed E-state index contributed by atoms with van der Waals surface area (Å²) in [5, 5.41) is 3.40. The molecular formula is C24H27N3O3S. The Morgan fingerprint density at radius 2 is 1.90 bits per heavy atom. The molecule has 0 aliphatic carbocycles. The fourth-order valence-electron chi connectivity index (χ4n) is 3.69. The molecule has 2 heterocycles. The number of amidine groups is 1. The number of amides is 1. The third kappa shape index (κ3) is 5.22. The molecule has 0 atom stereocenters. The number of carbonyl (C=O) groups is 1. The predicted molar refractivity (Wildman–Crippen MR) is 127 cm³/mol. The Labute approximate surface area is 187 Å². The Morgan fingerprint density at radius 3 is 2.61 bits per heavy atom. The smallest absolute Gasteiger partial charge is 0.264 e. The van der Waals surface area contributed by atoms with Gasteiger partial charge in [-0.2, -0.15) is 0 Å². The second-order valence-electron chi connectivity index (χ2n) is 7.38. The van der Waals surface area contributed by atoms with E-state index in [1.165, 1.54) is 36.7 Å². The molecule has 0 saturated carbocycles. The molecule has 2 aliphatic rings. The number of nitrogens with zero attached hydrogens (tertiary/aromatic N) is 2. The van der Waals surface area contributed by atoms with E-state index in [2.05, 4.69) is 27.3 Å². The molecule has 2 aromatic carbocycles. The summed E-state index contributed by atoms with van der Waals surface area (Å²) < 4.78 is 11.1. The summed E-state index contributed by atoms with van der Waals surface area (Å²) in [5.41, 5.74) is 2.80. The first-order valence-electron chi connectivity index (χ1n) is 10.6. The number of anilines is 1. The quantitative estimate of drug-likeness (QED) is 0.646. The van der Waals surface area contributed by atoms with Gasteiger partial charge < -0.3 is 19.7 Å². The SMILES string of the molecule is CCOc1ccc(N=C2NC(=O)/C(=C/c3ccc(N4CCCCC4)cc3OC)S2)cc1. The molecule has 31 heavy (non-hydrogen) atoms. The standard InChI is InChI=1S/C24H27N3O3S/c1-3-30-20-11-8-18(9-12-20)25-24-26-23(28)22(31-24)15-17-7-10-19(16-21(17)29-2)27-13-5-4-6-14-27/h7-12,15-16H,3-6,13-14H2,1-2H3,(H,25,26,28)/b22-15-. The lowest BCUT2D eigenvalue weighted by Crippen LogP contribution is -2.29. The summed E-state index contributed by atoms with van der Waals surface area (Å²) in [5.74, 6) is 1.41. The number of thioether (sulfide) groups is 1. The van der Waals surface area contributed by atoms with Crippen molar-refractivity contribution in [3.8, 4) is 11.5 Å². The topological polar surface area (TPSA) is 63.2 Å². The summed E-state index contributed by atoms with van der Waals surface area (Å²) >= 11 is 1.33. The van der Waals surface area contributed by atoms with Crippen molar-refractivity contribution in [1.29, 1.82) is 0 Å². The lowest BCUT2D eigenvalue weighted by molar-refractivity contribution is -0.115. The maximum absolute atomic E-state index is 12.5. The normalized spacial score (nSPS) is 19.0. The van der Waals surface area contributed by atoms with Crippen LogP contribution in [-0.4, -0.2) is 37.9 Å². The molecule has 6 nitrogen and oxygen atoms in total. The number of hydrogen-bond acceptors (Lipinski definition) is 6. The number of carbonyl (C=O) groups excluding carboxylic acids is 1. The van der Waals surface area contributed by atoms with Crippen LogP contribution in [0.1, 0.15) is 31.7 Å². The molecule has 0 unspecified atom stereocenters. The highest BCUT2D eigenvalue weighted by Gasteiger charge is 2.24. The van der Waals surface area contributed by atoms with E-state index in [1.807, 2.05) is 43.3 Å². The number of nitrogens with one attached hydrogen (secondary N) is 1. The molecule has 7 heteroatoms. The van der Waals surface area contributed by atoms with Gasteiger partial charge in [0.15, 0.2) is 5.17 Å². The Hall–Kier alpha value is -2.93. The van der Waals surface area contributed by atoms with E-state index in [0.29, 0.717) is 16.7 Å². The van der Waals surface area contributed by atoms with Gasteiger partial charge in [0.1, 0.15) is 11.5 Å². The van der Waals surface area contributed by atoms with E-state index in [-0.39, 0.29) is 5.91 Å². The zero-order valence-corrected chi connectivity index (χ0v) is 18.7. The number of rotatable bonds is 6. The first-order chi connectivity index (χ1) is 15.2. The van der Waals surface area contributed by atoms with Gasteiger partial charge in [-0.15, -0.1) is 0 Å². The van der Waals surface area contributed by atoms with Gasteiger partial charge in [-0.3, -0.25) is 4.79 Å². The number of ether oxygens (including phenoxy) is 2. The van der Waals surface area contributed by atoms with Gasteiger partial charge in [-0.25, -0.2) is 4.99 Å². The van der Waals surface area contributed by atoms with Crippen LogP contribution in [0.25, 0.3) is 6.08 Å². The van der Waals surface area contributed by atoms with Gasteiger partial charge in [0.25, 0.3) is 5.91 Å². The fraction of sp³-hybridized carbons (Fsp3) is 0.333. The van der Waals surface area contributed by atoms with Crippen LogP contribution in [0.3, 0.4) is 0 Å². The second kappa shape index (κ2) is 9.92. The Bertz CT molecular complexity index is 996. The van der Waals surface area contributed by atoms with Gasteiger partial charge in [0.2, 0.25) is 0 Å². The first kappa shape index (κ1) is 21.3. The van der Waals surface area contributed by atoms with Crippen LogP contribution in [0, 0.1) is 0 Å². The highest BCUT2D eigenvalue weighted by molar-refractivity contribution is 8.18. The average Bonchev–Trinajstić information content (AvgIpc) is 3.14. The number of piperidine rings is 1. The molecule has 1 amide bonds. The van der Waals surface area contributed by atoms with E-state index in [0.717, 1.165) is 35.8 Å². The van der Waals surface area contributed by atoms with Crippen molar-refractivity contribution in [2.75, 3.05) is 31.7 Å². The number of hydrogen-bond donors (Lipinski definition) is 1. The van der Waals surface area contributed by atoms with Crippen molar-refractivity contribution in [2.45, 2.75) is 26.2 Å². The van der Waals surface area contributed by atoms with Crippen LogP contribution in [0.5, 0.6) is 11.5 Å². The van der Waals surface area contributed by atoms with Gasteiger partial charge in [-0.1, -0.05) is 0 Å². The van der Waals surface area contributed by atoms with Crippen molar-refractivity contribution in [3.05, 3.63) is 52.9 Å². The largest absolute Gasteiger partial charge is 0.496 e. The number of aliphatic imine (C=N–C) groups is 1. The van der Waals surface area contributed by atoms with Gasteiger partial charge in [-0.05, 0) is 80.4 Å². The van der Waals surface area contributed by atoms with Crippen molar-refractivity contribution in [1.82, 2.24) is 5.32 Å². The van der Waals surface area contributed by atoms with E-state index >= 15 is 0 Å². The summed E-state index contributed by atoms with van der Waals surface area (Å²) in [6, 6.07) is 13.7. The van der Waals surface area contributed by atoms with Crippen molar-refractivity contribution < 1.29 is 14.3 Å². The molecule has 2 aromatic rings. The average molecular weight is 438 g/mol. The zero-order chi connectivity index (χ0) is 21.6. The summed E-state index contributed by atoms with van der Waals surface area (Å²) in [4.78, 5) is 20.0. The molecule has 0 spiro atoms. The number of methoxy groups -OCH3 is 1. The molecule has 4 rings (SSSR count). The first-order valence-corrected chi connectivity index (χ1v) is 11.4. The van der Waals surface area contributed by atoms with Gasteiger partial charge >= 0.3 is 0 Å². The number of benzene rings is 2. The summed E-state index contributed by atoms with van der Waals surface area (Å²) in [7, 11) is 1.66. The van der Waals surface area contributed by atoms with Crippen LogP contribution < -0.4 is 19.7 Å². The maximum Gasteiger partial charge on any atom is 0.264 e. The second-order valence-corrected chi connectivity index (χ2v) is 8.41. The Morgan fingerprint density at radius 1 is 1.13 bits per heavy atom. The summed E-state index contributed by atoms with van der Waals surface area (Å²) in [6.45, 7) is 4.72. The van der Waals surface area contributed by atoms with Crippen molar-refractivity contribution >= 4 is 40.3 Å². The minimum atomic E-state index is -0.156. The minimum Gasteiger partial charge on any atom is -0.496 e. The van der Waals surface area contributed by atoms with E-state index in [4.69, 9.17) is 9.47 Å². The van der Waals surface area contributed by atoms with Gasteiger partial charge in [0, 0.05) is 30.4 Å². The lowest BCUT2D eigenvalue weighted by atomic mass is 10.1. The van der Waals surface area contributed by atoms with E-state index in [1.54, 1.807) is 7.11 Å². The van der Waals surface area contributed by atoms with E-state index < -0.39 is 0 Å². The van der Waals surface area contributed by atoms with Crippen LogP contribution in [0.4, 0.5) is 11.4 Å². The third-order valence-electron chi connectivity index (χ3n) is 5.25. The lowest BCUT2D eigenvalue weighted by Gasteiger charge is -2.29. The van der Waals surface area contributed by atoms with Crippen LogP contribution in [-0.2, 0) is 4.79 Å². The highest BCUT2D eigenvalue weighted by atomic mass is 32.2. The van der Waals surface area contributed by atoms with Crippen molar-refractivity contribution in [3.63, 3.8) is 0 Å². The molecule has 0 radical (unpaired) electrons.